The van der Waals surface area contributed by atoms with Crippen LogP contribution in [0.5, 0.6) is 0 Å². The molecule has 2 amide bonds. The minimum atomic E-state index is -4.42. The van der Waals surface area contributed by atoms with Crippen LogP contribution in [0.4, 0.5) is 23.7 Å². The first kappa shape index (κ1) is 17.3. The molecule has 0 saturated heterocycles. The summed E-state index contributed by atoms with van der Waals surface area (Å²) in [6.07, 6.45) is -3.42. The van der Waals surface area contributed by atoms with Crippen LogP contribution in [0, 0.1) is 0 Å². The summed E-state index contributed by atoms with van der Waals surface area (Å²) in [5.74, 6) is 0. The molecule has 0 heterocycles. The van der Waals surface area contributed by atoms with E-state index in [1.807, 2.05) is 13.0 Å². The van der Waals surface area contributed by atoms with E-state index in [0.717, 1.165) is 18.5 Å². The first-order valence-electron chi connectivity index (χ1n) is 6.76. The van der Waals surface area contributed by atoms with E-state index in [1.54, 1.807) is 23.5 Å². The predicted octanol–water partition coefficient (Wildman–Crippen LogP) is 3.43. The standard InChI is InChI=1S/C14H20F3N3O/c1-3-7-18-10(2)11-5-4-6-12(8-11)20-13(21)19-9-14(15,16)17/h4-6,8,10,18H,3,7,9H2,1-2H3,(H2,19,20,21). The molecule has 1 unspecified atom stereocenters. The third kappa shape index (κ3) is 6.99. The highest BCUT2D eigenvalue weighted by atomic mass is 19.4. The Morgan fingerprint density at radius 2 is 2.05 bits per heavy atom. The number of anilines is 1. The minimum Gasteiger partial charge on any atom is -0.329 e. The lowest BCUT2D eigenvalue weighted by Crippen LogP contribution is -2.36. The maximum Gasteiger partial charge on any atom is 0.405 e. The Balaban J connectivity index is 2.58. The van der Waals surface area contributed by atoms with Crippen molar-refractivity contribution in [2.45, 2.75) is 32.5 Å². The number of hydrogen-bond donors (Lipinski definition) is 3. The lowest BCUT2D eigenvalue weighted by atomic mass is 10.1. The third-order valence-electron chi connectivity index (χ3n) is 2.79. The smallest absolute Gasteiger partial charge is 0.329 e. The van der Waals surface area contributed by atoms with Crippen molar-refractivity contribution >= 4 is 11.7 Å². The Morgan fingerprint density at radius 3 is 2.67 bits per heavy atom. The van der Waals surface area contributed by atoms with Crippen LogP contribution in [0.2, 0.25) is 0 Å². The van der Waals surface area contributed by atoms with E-state index >= 15 is 0 Å². The minimum absolute atomic E-state index is 0.102. The van der Waals surface area contributed by atoms with E-state index in [4.69, 9.17) is 0 Å². The van der Waals surface area contributed by atoms with Gasteiger partial charge in [-0.25, -0.2) is 4.79 Å². The normalized spacial score (nSPS) is 12.8. The second-order valence-electron chi connectivity index (χ2n) is 4.72. The number of hydrogen-bond acceptors (Lipinski definition) is 2. The van der Waals surface area contributed by atoms with Gasteiger partial charge in [0.15, 0.2) is 0 Å². The SMILES string of the molecule is CCCNC(C)c1cccc(NC(=O)NCC(F)(F)F)c1. The molecule has 0 saturated carbocycles. The van der Waals surface area contributed by atoms with Crippen LogP contribution in [-0.2, 0) is 0 Å². The molecule has 0 aliphatic carbocycles. The zero-order chi connectivity index (χ0) is 15.9. The fourth-order valence-electron chi connectivity index (χ4n) is 1.72. The van der Waals surface area contributed by atoms with Crippen LogP contribution in [0.15, 0.2) is 24.3 Å². The summed E-state index contributed by atoms with van der Waals surface area (Å²) in [7, 11) is 0. The van der Waals surface area contributed by atoms with Crippen molar-refractivity contribution < 1.29 is 18.0 Å². The fraction of sp³-hybridized carbons (Fsp3) is 0.500. The van der Waals surface area contributed by atoms with Crippen LogP contribution in [0.3, 0.4) is 0 Å². The van der Waals surface area contributed by atoms with Gasteiger partial charge >= 0.3 is 12.2 Å². The number of carbonyl (C=O) groups excluding carboxylic acids is 1. The number of halogens is 3. The van der Waals surface area contributed by atoms with Crippen LogP contribution in [-0.4, -0.2) is 25.3 Å². The van der Waals surface area contributed by atoms with Crippen LogP contribution < -0.4 is 16.0 Å². The van der Waals surface area contributed by atoms with Gasteiger partial charge in [0.25, 0.3) is 0 Å². The van der Waals surface area contributed by atoms with Crippen molar-refractivity contribution in [3.8, 4) is 0 Å². The summed E-state index contributed by atoms with van der Waals surface area (Å²) in [6, 6.07) is 6.23. The maximum atomic E-state index is 12.0. The van der Waals surface area contributed by atoms with Crippen molar-refractivity contribution in [1.82, 2.24) is 10.6 Å². The predicted molar refractivity (Wildman–Crippen MR) is 76.2 cm³/mol. The van der Waals surface area contributed by atoms with Gasteiger partial charge in [-0.2, -0.15) is 13.2 Å². The zero-order valence-corrected chi connectivity index (χ0v) is 12.1. The van der Waals surface area contributed by atoms with E-state index in [9.17, 15) is 18.0 Å². The molecule has 118 valence electrons. The first-order chi connectivity index (χ1) is 9.81. The molecule has 0 bridgehead atoms. The number of urea groups is 1. The van der Waals surface area contributed by atoms with Crippen LogP contribution >= 0.6 is 0 Å². The molecule has 4 nitrogen and oxygen atoms in total. The molecule has 3 N–H and O–H groups in total. The summed E-state index contributed by atoms with van der Waals surface area (Å²) in [4.78, 5) is 11.4. The third-order valence-corrected chi connectivity index (χ3v) is 2.79. The van der Waals surface area contributed by atoms with E-state index < -0.39 is 18.8 Å². The fourth-order valence-corrected chi connectivity index (χ4v) is 1.72. The molecule has 0 spiro atoms. The quantitative estimate of drug-likeness (QED) is 0.754. The van der Waals surface area contributed by atoms with E-state index in [1.165, 1.54) is 0 Å². The summed E-state index contributed by atoms with van der Waals surface area (Å²) < 4.78 is 36.0. The molecule has 0 fully saturated rings. The summed E-state index contributed by atoms with van der Waals surface area (Å²) in [5.41, 5.74) is 1.41. The second kappa shape index (κ2) is 7.87. The molecule has 0 aromatic heterocycles. The lowest BCUT2D eigenvalue weighted by Gasteiger charge is -2.15. The highest BCUT2D eigenvalue weighted by Crippen LogP contribution is 2.17. The summed E-state index contributed by atoms with van der Waals surface area (Å²) in [5, 5.41) is 7.45. The summed E-state index contributed by atoms with van der Waals surface area (Å²) in [6.45, 7) is 3.55. The number of alkyl halides is 3. The van der Waals surface area contributed by atoms with Gasteiger partial charge in [-0.3, -0.25) is 0 Å². The monoisotopic (exact) mass is 303 g/mol. The maximum absolute atomic E-state index is 12.0. The average Bonchev–Trinajstić information content (AvgIpc) is 2.42. The molecule has 0 radical (unpaired) electrons. The van der Waals surface area contributed by atoms with Gasteiger partial charge in [0, 0.05) is 11.7 Å². The van der Waals surface area contributed by atoms with Crippen molar-refractivity contribution in [3.63, 3.8) is 0 Å². The Hall–Kier alpha value is -1.76. The molecule has 7 heteroatoms. The highest BCUT2D eigenvalue weighted by Gasteiger charge is 2.27. The molecular weight excluding hydrogens is 283 g/mol. The zero-order valence-electron chi connectivity index (χ0n) is 12.1. The summed E-state index contributed by atoms with van der Waals surface area (Å²) >= 11 is 0. The Labute approximate surface area is 122 Å². The van der Waals surface area contributed by atoms with E-state index in [0.29, 0.717) is 5.69 Å². The molecule has 0 aliphatic heterocycles. The Morgan fingerprint density at radius 1 is 1.33 bits per heavy atom. The van der Waals surface area contributed by atoms with Gasteiger partial charge in [0.05, 0.1) is 0 Å². The second-order valence-corrected chi connectivity index (χ2v) is 4.72. The number of nitrogens with one attached hydrogen (secondary N) is 3. The molecule has 1 atom stereocenters. The number of carbonyl (C=O) groups is 1. The Kier molecular flexibility index (Phi) is 6.48. The molecular formula is C14H20F3N3O. The topological polar surface area (TPSA) is 53.2 Å². The van der Waals surface area contributed by atoms with Crippen molar-refractivity contribution in [2.75, 3.05) is 18.4 Å². The van der Waals surface area contributed by atoms with Crippen molar-refractivity contribution in [2.24, 2.45) is 0 Å². The average molecular weight is 303 g/mol. The number of rotatable bonds is 6. The van der Waals surface area contributed by atoms with Gasteiger partial charge in [-0.05, 0) is 37.6 Å². The van der Waals surface area contributed by atoms with Crippen LogP contribution in [0.1, 0.15) is 31.9 Å². The van der Waals surface area contributed by atoms with Crippen molar-refractivity contribution in [1.29, 1.82) is 0 Å². The molecule has 1 aromatic rings. The van der Waals surface area contributed by atoms with Crippen LogP contribution in [0.25, 0.3) is 0 Å². The van der Waals surface area contributed by atoms with E-state index in [-0.39, 0.29) is 6.04 Å². The van der Waals surface area contributed by atoms with Gasteiger partial charge in [-0.15, -0.1) is 0 Å². The van der Waals surface area contributed by atoms with Gasteiger partial charge < -0.3 is 16.0 Å². The molecule has 21 heavy (non-hydrogen) atoms. The van der Waals surface area contributed by atoms with Gasteiger partial charge in [0.1, 0.15) is 6.54 Å². The van der Waals surface area contributed by atoms with Crippen molar-refractivity contribution in [3.05, 3.63) is 29.8 Å². The molecule has 1 rings (SSSR count). The number of benzene rings is 1. The first-order valence-corrected chi connectivity index (χ1v) is 6.76. The molecule has 0 aliphatic rings. The van der Waals surface area contributed by atoms with Gasteiger partial charge in [0.2, 0.25) is 0 Å². The Bertz CT molecular complexity index is 463. The largest absolute Gasteiger partial charge is 0.405 e. The molecule has 1 aromatic carbocycles. The number of amides is 2. The lowest BCUT2D eigenvalue weighted by molar-refractivity contribution is -0.122. The highest BCUT2D eigenvalue weighted by molar-refractivity contribution is 5.89. The van der Waals surface area contributed by atoms with E-state index in [2.05, 4.69) is 17.6 Å². The van der Waals surface area contributed by atoms with Gasteiger partial charge in [-0.1, -0.05) is 19.1 Å².